The van der Waals surface area contributed by atoms with Gasteiger partial charge in [-0.15, -0.1) is 0 Å². The van der Waals surface area contributed by atoms with Crippen LogP contribution in [0.3, 0.4) is 0 Å². The molecule has 0 aliphatic heterocycles. The lowest BCUT2D eigenvalue weighted by molar-refractivity contribution is 0.691. The molecule has 0 saturated heterocycles. The van der Waals surface area contributed by atoms with Crippen LogP contribution in [0.4, 0.5) is 0 Å². The molecule has 2 aromatic heterocycles. The zero-order chi connectivity index (χ0) is 15.0. The molecule has 0 spiro atoms. The first-order valence-corrected chi connectivity index (χ1v) is 7.16. The van der Waals surface area contributed by atoms with Crippen molar-refractivity contribution >= 4 is 10.9 Å². The molecule has 0 aliphatic carbocycles. The van der Waals surface area contributed by atoms with Crippen LogP contribution in [0.1, 0.15) is 28.7 Å². The highest BCUT2D eigenvalue weighted by atomic mass is 15.3. The normalized spacial score (nSPS) is 12.8. The van der Waals surface area contributed by atoms with Crippen molar-refractivity contribution in [3.05, 3.63) is 59.0 Å². The van der Waals surface area contributed by atoms with Crippen LogP contribution in [0.5, 0.6) is 0 Å². The van der Waals surface area contributed by atoms with Crippen LogP contribution in [0, 0.1) is 13.8 Å². The smallest absolute Gasteiger partial charge is 0.0705 e. The van der Waals surface area contributed by atoms with Crippen LogP contribution in [0.2, 0.25) is 0 Å². The van der Waals surface area contributed by atoms with E-state index in [1.807, 2.05) is 36.9 Å². The van der Waals surface area contributed by atoms with Gasteiger partial charge in [-0.3, -0.25) is 9.67 Å². The van der Waals surface area contributed by atoms with Crippen molar-refractivity contribution in [3.8, 4) is 0 Å². The molecule has 0 radical (unpaired) electrons. The number of benzene rings is 1. The predicted molar refractivity (Wildman–Crippen MR) is 85.1 cm³/mol. The third-order valence-electron chi connectivity index (χ3n) is 4.02. The molecule has 1 aromatic carbocycles. The molecule has 1 atom stereocenters. The van der Waals surface area contributed by atoms with Crippen molar-refractivity contribution in [2.24, 2.45) is 12.8 Å². The lowest BCUT2D eigenvalue weighted by Gasteiger charge is -2.12. The molecule has 0 saturated carbocycles. The van der Waals surface area contributed by atoms with E-state index in [-0.39, 0.29) is 6.04 Å². The third kappa shape index (κ3) is 2.54. The zero-order valence-electron chi connectivity index (χ0n) is 12.7. The Labute approximate surface area is 124 Å². The van der Waals surface area contributed by atoms with E-state index in [2.05, 4.69) is 30.2 Å². The Balaban J connectivity index is 1.90. The topological polar surface area (TPSA) is 56.7 Å². The fraction of sp³-hybridized carbons (Fsp3) is 0.294. The molecule has 108 valence electrons. The van der Waals surface area contributed by atoms with E-state index < -0.39 is 0 Å². The Morgan fingerprint density at radius 1 is 1.14 bits per heavy atom. The molecular formula is C17H20N4. The van der Waals surface area contributed by atoms with Gasteiger partial charge in [-0.05, 0) is 26.0 Å². The quantitative estimate of drug-likeness (QED) is 0.802. The second kappa shape index (κ2) is 5.30. The molecule has 3 aromatic rings. The highest BCUT2D eigenvalue weighted by molar-refractivity contribution is 5.78. The summed E-state index contributed by atoms with van der Waals surface area (Å²) >= 11 is 0. The number of aryl methyl sites for hydroxylation is 2. The summed E-state index contributed by atoms with van der Waals surface area (Å²) < 4.78 is 1.89. The minimum absolute atomic E-state index is 0.0765. The van der Waals surface area contributed by atoms with E-state index in [1.54, 1.807) is 0 Å². The lowest BCUT2D eigenvalue weighted by Crippen LogP contribution is -2.16. The molecule has 0 fully saturated rings. The molecule has 2 heterocycles. The number of nitrogens with zero attached hydrogens (tertiary/aromatic N) is 3. The monoisotopic (exact) mass is 280 g/mol. The zero-order valence-corrected chi connectivity index (χ0v) is 12.7. The number of nitrogens with two attached hydrogens (primary N) is 1. The summed E-state index contributed by atoms with van der Waals surface area (Å²) in [6.07, 6.45) is 0.720. The minimum Gasteiger partial charge on any atom is -0.324 e. The van der Waals surface area contributed by atoms with E-state index in [0.717, 1.165) is 40.0 Å². The Bertz CT molecular complexity index is 789. The highest BCUT2D eigenvalue weighted by Crippen LogP contribution is 2.23. The molecule has 3 rings (SSSR count). The second-order valence-corrected chi connectivity index (χ2v) is 5.51. The van der Waals surface area contributed by atoms with Crippen molar-refractivity contribution < 1.29 is 0 Å². The molecule has 2 N–H and O–H groups in total. The number of hydrogen-bond acceptors (Lipinski definition) is 3. The Hall–Kier alpha value is -2.20. The molecular weight excluding hydrogens is 260 g/mol. The van der Waals surface area contributed by atoms with Crippen molar-refractivity contribution in [1.82, 2.24) is 14.8 Å². The summed E-state index contributed by atoms with van der Waals surface area (Å²) in [5.74, 6) is 0. The van der Waals surface area contributed by atoms with Crippen molar-refractivity contribution in [1.29, 1.82) is 0 Å². The Morgan fingerprint density at radius 2 is 1.90 bits per heavy atom. The summed E-state index contributed by atoms with van der Waals surface area (Å²) in [4.78, 5) is 4.70. The van der Waals surface area contributed by atoms with Crippen LogP contribution < -0.4 is 5.73 Å². The number of para-hydroxylation sites is 1. The summed E-state index contributed by atoms with van der Waals surface area (Å²) in [5, 5.41) is 5.60. The molecule has 0 amide bonds. The van der Waals surface area contributed by atoms with E-state index >= 15 is 0 Å². The molecule has 0 bridgehead atoms. The summed E-state index contributed by atoms with van der Waals surface area (Å²) in [5.41, 5.74) is 11.7. The number of fused-ring (bicyclic) bond motifs is 1. The van der Waals surface area contributed by atoms with Gasteiger partial charge < -0.3 is 5.73 Å². The standard InChI is InChI=1S/C17H20N4/c1-11-17(12(2)21(3)20-11)15(18)10-14-9-8-13-6-4-5-7-16(13)19-14/h4-9,15H,10,18H2,1-3H3. The fourth-order valence-electron chi connectivity index (χ4n) is 2.88. The average Bonchev–Trinajstić information content (AvgIpc) is 2.72. The van der Waals surface area contributed by atoms with Gasteiger partial charge >= 0.3 is 0 Å². The van der Waals surface area contributed by atoms with Gasteiger partial charge in [-0.2, -0.15) is 5.10 Å². The number of hydrogen-bond donors (Lipinski definition) is 1. The van der Waals surface area contributed by atoms with Gasteiger partial charge in [-0.1, -0.05) is 24.3 Å². The Morgan fingerprint density at radius 3 is 2.62 bits per heavy atom. The van der Waals surface area contributed by atoms with E-state index in [9.17, 15) is 0 Å². The van der Waals surface area contributed by atoms with Crippen LogP contribution in [0.15, 0.2) is 36.4 Å². The second-order valence-electron chi connectivity index (χ2n) is 5.51. The van der Waals surface area contributed by atoms with Crippen molar-refractivity contribution in [2.45, 2.75) is 26.3 Å². The van der Waals surface area contributed by atoms with E-state index in [0.29, 0.717) is 0 Å². The van der Waals surface area contributed by atoms with Crippen molar-refractivity contribution in [3.63, 3.8) is 0 Å². The SMILES string of the molecule is Cc1nn(C)c(C)c1C(N)Cc1ccc2ccccc2n1. The largest absolute Gasteiger partial charge is 0.324 e. The maximum atomic E-state index is 6.39. The number of aromatic nitrogens is 3. The molecule has 4 heteroatoms. The summed E-state index contributed by atoms with van der Waals surface area (Å²) in [6, 6.07) is 12.2. The van der Waals surface area contributed by atoms with Crippen LogP contribution >= 0.6 is 0 Å². The van der Waals surface area contributed by atoms with Gasteiger partial charge in [0, 0.05) is 41.8 Å². The van der Waals surface area contributed by atoms with E-state index in [1.165, 1.54) is 0 Å². The Kier molecular flexibility index (Phi) is 3.47. The van der Waals surface area contributed by atoms with Gasteiger partial charge in [0.05, 0.1) is 11.2 Å². The van der Waals surface area contributed by atoms with Gasteiger partial charge in [0.15, 0.2) is 0 Å². The lowest BCUT2D eigenvalue weighted by atomic mass is 10.0. The fourth-order valence-corrected chi connectivity index (χ4v) is 2.88. The third-order valence-corrected chi connectivity index (χ3v) is 4.02. The molecule has 1 unspecified atom stereocenters. The minimum atomic E-state index is -0.0765. The van der Waals surface area contributed by atoms with Gasteiger partial charge in [0.2, 0.25) is 0 Å². The van der Waals surface area contributed by atoms with Crippen molar-refractivity contribution in [2.75, 3.05) is 0 Å². The van der Waals surface area contributed by atoms with Gasteiger partial charge in [-0.25, -0.2) is 0 Å². The molecule has 0 aliphatic rings. The first-order chi connectivity index (χ1) is 10.1. The van der Waals surface area contributed by atoms with Gasteiger partial charge in [0.25, 0.3) is 0 Å². The maximum Gasteiger partial charge on any atom is 0.0705 e. The predicted octanol–water partition coefficient (Wildman–Crippen LogP) is 2.83. The number of pyridine rings is 1. The van der Waals surface area contributed by atoms with Crippen LogP contribution in [0.25, 0.3) is 10.9 Å². The number of rotatable bonds is 3. The van der Waals surface area contributed by atoms with E-state index in [4.69, 9.17) is 10.7 Å². The van der Waals surface area contributed by atoms with Crippen LogP contribution in [-0.4, -0.2) is 14.8 Å². The van der Waals surface area contributed by atoms with Crippen LogP contribution in [-0.2, 0) is 13.5 Å². The molecule has 4 nitrogen and oxygen atoms in total. The molecule has 21 heavy (non-hydrogen) atoms. The first-order valence-electron chi connectivity index (χ1n) is 7.16. The van der Waals surface area contributed by atoms with Gasteiger partial charge in [0.1, 0.15) is 0 Å². The summed E-state index contributed by atoms with van der Waals surface area (Å²) in [6.45, 7) is 4.07. The highest BCUT2D eigenvalue weighted by Gasteiger charge is 2.17. The summed E-state index contributed by atoms with van der Waals surface area (Å²) in [7, 11) is 1.95. The average molecular weight is 280 g/mol. The first kappa shape index (κ1) is 13.8. The maximum absolute atomic E-state index is 6.39.